The molecule has 3 aromatic rings. The predicted molar refractivity (Wildman–Crippen MR) is 105 cm³/mol. The van der Waals surface area contributed by atoms with Gasteiger partial charge in [-0.05, 0) is 38.1 Å². The molecule has 2 aliphatic rings. The molecule has 29 heavy (non-hydrogen) atoms. The standard InChI is InChI=1S/C22H24N4O3/c1-15-8-9-19(28-15)12-25-10-18-11-26(20(27)17-6-4-3-5-7-17)14-22(18,13-25)21-23-16(2)24-29-21/h3-9,18H,10-14H2,1-2H3/t18-,22-/m0/s1. The minimum absolute atomic E-state index is 0.0591. The van der Waals surface area contributed by atoms with Crippen molar-refractivity contribution in [1.82, 2.24) is 19.9 Å². The van der Waals surface area contributed by atoms with Gasteiger partial charge in [0.25, 0.3) is 5.91 Å². The molecule has 0 saturated carbocycles. The molecule has 5 rings (SSSR count). The zero-order valence-corrected chi connectivity index (χ0v) is 16.7. The quantitative estimate of drug-likeness (QED) is 0.680. The Balaban J connectivity index is 1.41. The van der Waals surface area contributed by atoms with Gasteiger partial charge in [0.05, 0.1) is 12.0 Å². The third-order valence-corrected chi connectivity index (χ3v) is 6.12. The summed E-state index contributed by atoms with van der Waals surface area (Å²) in [4.78, 5) is 21.9. The second-order valence-corrected chi connectivity index (χ2v) is 8.23. The number of benzene rings is 1. The lowest BCUT2D eigenvalue weighted by Crippen LogP contribution is -2.39. The van der Waals surface area contributed by atoms with Crippen molar-refractivity contribution in [1.29, 1.82) is 0 Å². The van der Waals surface area contributed by atoms with Crippen LogP contribution in [0.4, 0.5) is 0 Å². The number of nitrogens with zero attached hydrogens (tertiary/aromatic N) is 4. The Kier molecular flexibility index (Phi) is 4.28. The van der Waals surface area contributed by atoms with Crippen LogP contribution in [0.15, 0.2) is 51.4 Å². The lowest BCUT2D eigenvalue weighted by Gasteiger charge is -2.25. The Morgan fingerprint density at radius 2 is 1.97 bits per heavy atom. The van der Waals surface area contributed by atoms with Crippen molar-refractivity contribution in [3.63, 3.8) is 0 Å². The monoisotopic (exact) mass is 392 g/mol. The van der Waals surface area contributed by atoms with Crippen molar-refractivity contribution in [2.75, 3.05) is 26.2 Å². The average molecular weight is 392 g/mol. The average Bonchev–Trinajstić information content (AvgIpc) is 3.46. The molecule has 150 valence electrons. The minimum atomic E-state index is -0.340. The van der Waals surface area contributed by atoms with Gasteiger partial charge in [-0.25, -0.2) is 0 Å². The van der Waals surface area contributed by atoms with Gasteiger partial charge in [0, 0.05) is 37.7 Å². The van der Waals surface area contributed by atoms with Crippen LogP contribution in [-0.4, -0.2) is 52.0 Å². The van der Waals surface area contributed by atoms with Crippen LogP contribution >= 0.6 is 0 Å². The second-order valence-electron chi connectivity index (χ2n) is 8.23. The van der Waals surface area contributed by atoms with Crippen molar-refractivity contribution in [3.8, 4) is 0 Å². The maximum absolute atomic E-state index is 13.1. The fourth-order valence-corrected chi connectivity index (χ4v) is 4.80. The molecular weight excluding hydrogens is 368 g/mol. The molecule has 0 N–H and O–H groups in total. The first kappa shape index (κ1) is 18.1. The summed E-state index contributed by atoms with van der Waals surface area (Å²) in [5, 5.41) is 4.03. The number of furan rings is 1. The van der Waals surface area contributed by atoms with Gasteiger partial charge in [0.2, 0.25) is 5.89 Å². The summed E-state index contributed by atoms with van der Waals surface area (Å²) >= 11 is 0. The van der Waals surface area contributed by atoms with Gasteiger partial charge in [-0.2, -0.15) is 4.98 Å². The van der Waals surface area contributed by atoms with E-state index in [1.165, 1.54) is 0 Å². The Bertz CT molecular complexity index is 1030. The highest BCUT2D eigenvalue weighted by Crippen LogP contribution is 2.45. The number of fused-ring (bicyclic) bond motifs is 1. The summed E-state index contributed by atoms with van der Waals surface area (Å²) in [6, 6.07) is 13.5. The zero-order chi connectivity index (χ0) is 20.0. The van der Waals surface area contributed by atoms with Crippen molar-refractivity contribution >= 4 is 5.91 Å². The number of amides is 1. The number of likely N-dealkylation sites (tertiary alicyclic amines) is 2. The Morgan fingerprint density at radius 1 is 1.14 bits per heavy atom. The number of rotatable bonds is 4. The zero-order valence-electron chi connectivity index (χ0n) is 16.7. The molecular formula is C22H24N4O3. The van der Waals surface area contributed by atoms with E-state index in [1.54, 1.807) is 0 Å². The molecule has 2 aliphatic heterocycles. The highest BCUT2D eigenvalue weighted by molar-refractivity contribution is 5.94. The van der Waals surface area contributed by atoms with Crippen LogP contribution in [0, 0.1) is 19.8 Å². The molecule has 7 heteroatoms. The second kappa shape index (κ2) is 6.84. The van der Waals surface area contributed by atoms with Crippen molar-refractivity contribution in [2.45, 2.75) is 25.8 Å². The Morgan fingerprint density at radius 3 is 2.66 bits per heavy atom. The molecule has 1 aromatic carbocycles. The number of carbonyl (C=O) groups is 1. The van der Waals surface area contributed by atoms with Gasteiger partial charge < -0.3 is 13.8 Å². The lowest BCUT2D eigenvalue weighted by molar-refractivity contribution is 0.0765. The molecule has 0 spiro atoms. The predicted octanol–water partition coefficient (Wildman–Crippen LogP) is 2.81. The van der Waals surface area contributed by atoms with Crippen LogP contribution in [0.3, 0.4) is 0 Å². The summed E-state index contributed by atoms with van der Waals surface area (Å²) in [5.41, 5.74) is 0.375. The molecule has 0 aliphatic carbocycles. The van der Waals surface area contributed by atoms with E-state index in [0.717, 1.165) is 31.2 Å². The number of carbonyl (C=O) groups excluding carboxylic acids is 1. The maximum Gasteiger partial charge on any atom is 0.253 e. The molecule has 4 heterocycles. The van der Waals surface area contributed by atoms with Gasteiger partial charge in [0.15, 0.2) is 5.82 Å². The van der Waals surface area contributed by atoms with Gasteiger partial charge >= 0.3 is 0 Å². The highest BCUT2D eigenvalue weighted by atomic mass is 16.5. The van der Waals surface area contributed by atoms with Crippen LogP contribution in [0.1, 0.15) is 33.6 Å². The smallest absolute Gasteiger partial charge is 0.253 e. The van der Waals surface area contributed by atoms with E-state index in [4.69, 9.17) is 8.94 Å². The first-order valence-electron chi connectivity index (χ1n) is 9.96. The Labute approximate surface area is 169 Å². The normalized spacial score (nSPS) is 24.2. The van der Waals surface area contributed by atoms with Crippen molar-refractivity contribution in [2.24, 2.45) is 5.92 Å². The fourth-order valence-electron chi connectivity index (χ4n) is 4.80. The fraction of sp³-hybridized carbons (Fsp3) is 0.409. The van der Waals surface area contributed by atoms with Gasteiger partial charge in [-0.1, -0.05) is 23.4 Å². The van der Waals surface area contributed by atoms with Crippen molar-refractivity contribution < 1.29 is 13.7 Å². The number of aryl methyl sites for hydroxylation is 2. The van der Waals surface area contributed by atoms with Gasteiger partial charge in [-0.15, -0.1) is 0 Å². The summed E-state index contributed by atoms with van der Waals surface area (Å²) in [7, 11) is 0. The molecule has 2 aromatic heterocycles. The highest BCUT2D eigenvalue weighted by Gasteiger charge is 2.57. The van der Waals surface area contributed by atoms with E-state index in [0.29, 0.717) is 30.4 Å². The third kappa shape index (κ3) is 3.15. The molecule has 2 saturated heterocycles. The van der Waals surface area contributed by atoms with Crippen LogP contribution in [0.25, 0.3) is 0 Å². The van der Waals surface area contributed by atoms with E-state index in [9.17, 15) is 4.79 Å². The van der Waals surface area contributed by atoms with Crippen LogP contribution in [0.2, 0.25) is 0 Å². The van der Waals surface area contributed by atoms with Crippen molar-refractivity contribution in [3.05, 3.63) is 71.3 Å². The van der Waals surface area contributed by atoms with E-state index in [-0.39, 0.29) is 17.2 Å². The summed E-state index contributed by atoms with van der Waals surface area (Å²) < 4.78 is 11.4. The summed E-state index contributed by atoms with van der Waals surface area (Å²) in [5.74, 6) is 3.44. The van der Waals surface area contributed by atoms with Gasteiger partial charge in [-0.3, -0.25) is 9.69 Å². The maximum atomic E-state index is 13.1. The molecule has 2 fully saturated rings. The number of aromatic nitrogens is 2. The SMILES string of the molecule is Cc1noc([C@]23CN(Cc4ccc(C)o4)C[C@H]2CN(C(=O)c2ccccc2)C3)n1. The minimum Gasteiger partial charge on any atom is -0.465 e. The van der Waals surface area contributed by atoms with E-state index < -0.39 is 0 Å². The molecule has 7 nitrogen and oxygen atoms in total. The van der Waals surface area contributed by atoms with Crippen LogP contribution in [0.5, 0.6) is 0 Å². The molecule has 0 unspecified atom stereocenters. The molecule has 0 bridgehead atoms. The largest absolute Gasteiger partial charge is 0.465 e. The summed E-state index contributed by atoms with van der Waals surface area (Å²) in [6.45, 7) is 7.42. The van der Waals surface area contributed by atoms with E-state index in [1.807, 2.05) is 61.2 Å². The van der Waals surface area contributed by atoms with Gasteiger partial charge in [0.1, 0.15) is 11.5 Å². The van der Waals surface area contributed by atoms with E-state index in [2.05, 4.69) is 15.0 Å². The topological polar surface area (TPSA) is 75.6 Å². The lowest BCUT2D eigenvalue weighted by atomic mass is 9.81. The van der Waals surface area contributed by atoms with Crippen LogP contribution < -0.4 is 0 Å². The Hall–Kier alpha value is -2.93. The van der Waals surface area contributed by atoms with Crippen LogP contribution in [-0.2, 0) is 12.0 Å². The number of hydrogen-bond acceptors (Lipinski definition) is 6. The summed E-state index contributed by atoms with van der Waals surface area (Å²) in [6.07, 6.45) is 0. The first-order valence-corrected chi connectivity index (χ1v) is 9.96. The molecule has 1 amide bonds. The number of hydrogen-bond donors (Lipinski definition) is 0. The molecule has 2 atom stereocenters. The molecule has 0 radical (unpaired) electrons. The third-order valence-electron chi connectivity index (χ3n) is 6.12. The van der Waals surface area contributed by atoms with E-state index >= 15 is 0 Å². The first-order chi connectivity index (χ1) is 14.0.